The minimum atomic E-state index is -3.82. The van der Waals surface area contributed by atoms with E-state index in [1.165, 1.54) is 36.5 Å². The van der Waals surface area contributed by atoms with Crippen LogP contribution in [0.15, 0.2) is 46.4 Å². The summed E-state index contributed by atoms with van der Waals surface area (Å²) in [5.74, 6) is 0.493. The van der Waals surface area contributed by atoms with Crippen molar-refractivity contribution in [2.24, 2.45) is 11.0 Å². The monoisotopic (exact) mass is 580 g/mol. The summed E-state index contributed by atoms with van der Waals surface area (Å²) in [6.07, 6.45) is 13.1. The van der Waals surface area contributed by atoms with Crippen LogP contribution in [-0.4, -0.2) is 53.8 Å². The van der Waals surface area contributed by atoms with Gasteiger partial charge < -0.3 is 14.6 Å². The second kappa shape index (κ2) is 11.9. The molecule has 9 heteroatoms. The van der Waals surface area contributed by atoms with E-state index in [0.717, 1.165) is 68.6 Å². The molecule has 2 aliphatic heterocycles. The van der Waals surface area contributed by atoms with Crippen molar-refractivity contribution in [3.8, 4) is 0 Å². The van der Waals surface area contributed by atoms with Gasteiger partial charge in [-0.1, -0.05) is 56.7 Å². The van der Waals surface area contributed by atoms with Crippen molar-refractivity contribution in [2.75, 3.05) is 13.2 Å². The number of ether oxygens (including phenoxy) is 1. The second-order valence-electron chi connectivity index (χ2n) is 12.6. The zero-order chi connectivity index (χ0) is 28.5. The number of benzene rings is 1. The van der Waals surface area contributed by atoms with Crippen molar-refractivity contribution in [2.45, 2.75) is 113 Å². The molecule has 1 amide bonds. The zero-order valence-electron chi connectivity index (χ0n) is 24.3. The molecule has 41 heavy (non-hydrogen) atoms. The first-order valence-electron chi connectivity index (χ1n) is 15.6. The van der Waals surface area contributed by atoms with Gasteiger partial charge in [-0.2, -0.15) is 17.9 Å². The Hall–Kier alpha value is -2.65. The Morgan fingerprint density at radius 3 is 2.39 bits per heavy atom. The van der Waals surface area contributed by atoms with Crippen LogP contribution in [-0.2, 0) is 21.3 Å². The lowest BCUT2D eigenvalue weighted by atomic mass is 9.79. The van der Waals surface area contributed by atoms with Gasteiger partial charge in [0.2, 0.25) is 0 Å². The highest BCUT2D eigenvalue weighted by Gasteiger charge is 2.50. The van der Waals surface area contributed by atoms with Gasteiger partial charge in [0, 0.05) is 37.9 Å². The summed E-state index contributed by atoms with van der Waals surface area (Å²) >= 11 is 0. The van der Waals surface area contributed by atoms with Crippen molar-refractivity contribution in [1.82, 2.24) is 14.3 Å². The van der Waals surface area contributed by atoms with Gasteiger partial charge in [0.25, 0.3) is 15.9 Å². The van der Waals surface area contributed by atoms with Crippen molar-refractivity contribution < 1.29 is 17.9 Å². The third kappa shape index (κ3) is 5.72. The Kier molecular flexibility index (Phi) is 8.28. The first-order chi connectivity index (χ1) is 19.9. The van der Waals surface area contributed by atoms with Crippen molar-refractivity contribution in [3.05, 3.63) is 53.3 Å². The van der Waals surface area contributed by atoms with E-state index >= 15 is 0 Å². The highest BCUT2D eigenvalue weighted by Crippen LogP contribution is 2.45. The third-order valence-corrected chi connectivity index (χ3v) is 11.6. The lowest BCUT2D eigenvalue weighted by Gasteiger charge is -2.39. The summed E-state index contributed by atoms with van der Waals surface area (Å²) in [5, 5.41) is 8.20. The van der Waals surface area contributed by atoms with Crippen LogP contribution in [0.4, 0.5) is 0 Å². The summed E-state index contributed by atoms with van der Waals surface area (Å²) < 4.78 is 37.3. The number of hydrazone groups is 1. The van der Waals surface area contributed by atoms with Crippen LogP contribution in [0.1, 0.15) is 105 Å². The van der Waals surface area contributed by atoms with Gasteiger partial charge in [-0.3, -0.25) is 4.79 Å². The van der Waals surface area contributed by atoms with Crippen molar-refractivity contribution >= 4 is 21.6 Å². The standard InChI is InChI=1S/C32H44N4O4S/c1-24-28(31(37)33-26-15-19-40-20-16-26)21-30(35(24)23-25-11-5-2-6-12-25)29-22-32(17-9-4-10-18-32)36(34-29)41(38,39)27-13-7-3-8-14-27/h3,7-8,13-14,21,25-26H,2,4-6,9-12,15-20,22-23H2,1H3,(H,33,37). The summed E-state index contributed by atoms with van der Waals surface area (Å²) in [5.41, 5.74) is 2.75. The maximum atomic E-state index is 14.0. The topological polar surface area (TPSA) is 93.0 Å². The molecule has 8 nitrogen and oxygen atoms in total. The fraction of sp³-hybridized carbons (Fsp3) is 0.625. The first-order valence-corrected chi connectivity index (χ1v) is 17.1. The van der Waals surface area contributed by atoms with Gasteiger partial charge in [-0.15, -0.1) is 0 Å². The molecule has 6 rings (SSSR count). The largest absolute Gasteiger partial charge is 0.381 e. The molecule has 222 valence electrons. The van der Waals surface area contributed by atoms with E-state index < -0.39 is 15.6 Å². The maximum Gasteiger partial charge on any atom is 0.279 e. The normalized spacial score (nSPS) is 22.2. The van der Waals surface area contributed by atoms with E-state index in [0.29, 0.717) is 31.1 Å². The zero-order valence-corrected chi connectivity index (χ0v) is 25.1. The van der Waals surface area contributed by atoms with Crippen LogP contribution >= 0.6 is 0 Å². The number of carbonyl (C=O) groups excluding carboxylic acids is 1. The van der Waals surface area contributed by atoms with E-state index in [-0.39, 0.29) is 16.8 Å². The molecule has 1 aromatic heterocycles. The molecule has 0 bridgehead atoms. The highest BCUT2D eigenvalue weighted by atomic mass is 32.2. The third-order valence-electron chi connectivity index (χ3n) is 9.80. The molecular formula is C32H44N4O4S. The molecule has 1 saturated heterocycles. The number of aromatic nitrogens is 1. The maximum absolute atomic E-state index is 14.0. The second-order valence-corrected chi connectivity index (χ2v) is 14.3. The molecule has 0 radical (unpaired) electrons. The van der Waals surface area contributed by atoms with Crippen LogP contribution in [0.3, 0.4) is 0 Å². The minimum absolute atomic E-state index is 0.0576. The Labute approximate surface area is 244 Å². The molecule has 3 fully saturated rings. The van der Waals surface area contributed by atoms with Crippen LogP contribution in [0.25, 0.3) is 0 Å². The molecule has 1 aromatic carbocycles. The van der Waals surface area contributed by atoms with Gasteiger partial charge >= 0.3 is 0 Å². The Balaban J connectivity index is 1.39. The summed E-state index contributed by atoms with van der Waals surface area (Å²) in [4.78, 5) is 13.9. The Morgan fingerprint density at radius 2 is 1.68 bits per heavy atom. The number of nitrogens with zero attached hydrogens (tertiary/aromatic N) is 3. The lowest BCUT2D eigenvalue weighted by molar-refractivity contribution is 0.0696. The number of hydrogen-bond acceptors (Lipinski definition) is 5. The average Bonchev–Trinajstić information content (AvgIpc) is 3.53. The average molecular weight is 581 g/mol. The van der Waals surface area contributed by atoms with Gasteiger partial charge in [0.1, 0.15) is 0 Å². The fourth-order valence-corrected chi connectivity index (χ4v) is 9.10. The van der Waals surface area contributed by atoms with Gasteiger partial charge in [-0.05, 0) is 69.6 Å². The van der Waals surface area contributed by atoms with Crippen LogP contribution in [0.2, 0.25) is 0 Å². The van der Waals surface area contributed by atoms with E-state index in [4.69, 9.17) is 9.84 Å². The van der Waals surface area contributed by atoms with Gasteiger partial charge in [-0.25, -0.2) is 0 Å². The van der Waals surface area contributed by atoms with E-state index in [2.05, 4.69) is 9.88 Å². The van der Waals surface area contributed by atoms with E-state index in [1.54, 1.807) is 24.3 Å². The molecule has 1 spiro atoms. The highest BCUT2D eigenvalue weighted by molar-refractivity contribution is 7.89. The van der Waals surface area contributed by atoms with Crippen LogP contribution < -0.4 is 5.32 Å². The van der Waals surface area contributed by atoms with Gasteiger partial charge in [0.05, 0.1) is 27.4 Å². The number of carbonyl (C=O) groups is 1. The predicted molar refractivity (Wildman–Crippen MR) is 159 cm³/mol. The molecule has 2 aromatic rings. The minimum Gasteiger partial charge on any atom is -0.381 e. The van der Waals surface area contributed by atoms with E-state index in [9.17, 15) is 13.2 Å². The molecule has 2 aliphatic carbocycles. The molecule has 0 unspecified atom stereocenters. The summed E-state index contributed by atoms with van der Waals surface area (Å²) in [6, 6.07) is 10.8. The van der Waals surface area contributed by atoms with Gasteiger partial charge in [0.15, 0.2) is 0 Å². The number of amides is 1. The molecule has 2 saturated carbocycles. The number of sulfonamides is 1. The van der Waals surface area contributed by atoms with Crippen molar-refractivity contribution in [3.63, 3.8) is 0 Å². The van der Waals surface area contributed by atoms with Crippen LogP contribution in [0.5, 0.6) is 0 Å². The summed E-state index contributed by atoms with van der Waals surface area (Å²) in [7, 11) is -3.82. The number of nitrogens with one attached hydrogen (secondary N) is 1. The summed E-state index contributed by atoms with van der Waals surface area (Å²) in [6.45, 7) is 4.21. The number of rotatable bonds is 7. The quantitative estimate of drug-likeness (QED) is 0.449. The molecular weight excluding hydrogens is 536 g/mol. The Morgan fingerprint density at radius 1 is 1.00 bits per heavy atom. The molecule has 0 atom stereocenters. The molecule has 3 heterocycles. The Bertz CT molecular complexity index is 1370. The SMILES string of the molecule is Cc1c(C(=O)NC2CCOCC2)cc(C2=NN(S(=O)(=O)c3ccccc3)C3(CCCCC3)C2)n1CC1CCCCC1. The van der Waals surface area contributed by atoms with E-state index in [1.807, 2.05) is 19.1 Å². The smallest absolute Gasteiger partial charge is 0.279 e. The molecule has 4 aliphatic rings. The predicted octanol–water partition coefficient (Wildman–Crippen LogP) is 5.79. The molecule has 1 N–H and O–H groups in total. The first kappa shape index (κ1) is 28.5. The lowest BCUT2D eigenvalue weighted by Crippen LogP contribution is -2.47. The fourth-order valence-electron chi connectivity index (χ4n) is 7.43. The number of hydrogen-bond donors (Lipinski definition) is 1. The van der Waals surface area contributed by atoms with Crippen molar-refractivity contribution in [1.29, 1.82) is 0 Å². The van der Waals surface area contributed by atoms with Crippen LogP contribution in [0, 0.1) is 12.8 Å².